The van der Waals surface area contributed by atoms with Crippen LogP contribution < -0.4 is 5.32 Å². The maximum Gasteiger partial charge on any atom is 0.243 e. The molecule has 0 amide bonds. The number of aromatic nitrogens is 3. The molecule has 1 aliphatic rings. The largest absolute Gasteiger partial charge is 0.378 e. The lowest BCUT2D eigenvalue weighted by Crippen LogP contribution is -2.22. The Balaban J connectivity index is 1.56. The fourth-order valence-corrected chi connectivity index (χ4v) is 2.47. The second-order valence-corrected chi connectivity index (χ2v) is 5.23. The van der Waals surface area contributed by atoms with E-state index in [9.17, 15) is 0 Å². The molecule has 1 saturated heterocycles. The molecule has 0 radical (unpaired) electrons. The number of hydrogen-bond acceptors (Lipinski definition) is 4. The lowest BCUT2D eigenvalue weighted by Gasteiger charge is -2.22. The number of fused-ring (bicyclic) bond motifs is 1. The van der Waals surface area contributed by atoms with Crippen LogP contribution in [0.15, 0.2) is 18.3 Å². The van der Waals surface area contributed by atoms with Gasteiger partial charge in [-0.2, -0.15) is 4.98 Å². The van der Waals surface area contributed by atoms with Gasteiger partial charge in [-0.15, -0.1) is 5.10 Å². The van der Waals surface area contributed by atoms with Crippen LogP contribution in [0, 0.1) is 0 Å². The predicted molar refractivity (Wildman–Crippen MR) is 74.7 cm³/mol. The van der Waals surface area contributed by atoms with Crippen molar-refractivity contribution in [3.63, 3.8) is 0 Å². The van der Waals surface area contributed by atoms with Crippen molar-refractivity contribution in [3.8, 4) is 0 Å². The molecule has 6 heteroatoms. The van der Waals surface area contributed by atoms with Crippen LogP contribution >= 0.6 is 11.6 Å². The van der Waals surface area contributed by atoms with Crippen LogP contribution in [0.1, 0.15) is 25.7 Å². The normalized spacial score (nSPS) is 19.7. The summed E-state index contributed by atoms with van der Waals surface area (Å²) in [5.41, 5.74) is 0.792. The van der Waals surface area contributed by atoms with Crippen molar-refractivity contribution in [1.82, 2.24) is 14.6 Å². The number of rotatable bonds is 4. The van der Waals surface area contributed by atoms with Gasteiger partial charge in [0.2, 0.25) is 5.95 Å². The van der Waals surface area contributed by atoms with Crippen LogP contribution in [0.4, 0.5) is 5.95 Å². The zero-order valence-corrected chi connectivity index (χ0v) is 11.4. The first kappa shape index (κ1) is 12.7. The molecular weight excluding hydrogens is 264 g/mol. The molecule has 0 bridgehead atoms. The molecule has 0 spiro atoms. The summed E-state index contributed by atoms with van der Waals surface area (Å²) >= 11 is 5.91. The first-order valence-corrected chi connectivity index (χ1v) is 7.06. The van der Waals surface area contributed by atoms with Gasteiger partial charge in [-0.25, -0.2) is 4.52 Å². The fourth-order valence-electron chi connectivity index (χ4n) is 2.31. The third-order valence-corrected chi connectivity index (χ3v) is 3.54. The molecule has 0 aromatic carbocycles. The van der Waals surface area contributed by atoms with Crippen molar-refractivity contribution >= 4 is 23.2 Å². The number of hydrogen-bond donors (Lipinski definition) is 1. The molecule has 1 aliphatic heterocycles. The molecule has 1 atom stereocenters. The van der Waals surface area contributed by atoms with E-state index in [0.29, 0.717) is 17.1 Å². The van der Waals surface area contributed by atoms with Gasteiger partial charge in [0.1, 0.15) is 0 Å². The smallest absolute Gasteiger partial charge is 0.243 e. The molecule has 3 rings (SSSR count). The summed E-state index contributed by atoms with van der Waals surface area (Å²) in [5, 5.41) is 8.21. The Morgan fingerprint density at radius 3 is 3.21 bits per heavy atom. The van der Waals surface area contributed by atoms with Crippen molar-refractivity contribution in [2.75, 3.05) is 18.5 Å². The SMILES string of the molecule is Clc1ccc2nc(NCCC3CCCCO3)nn2c1. The fraction of sp³-hybridized carbons (Fsp3) is 0.538. The number of nitrogens with zero attached hydrogens (tertiary/aromatic N) is 3. The summed E-state index contributed by atoms with van der Waals surface area (Å²) in [6, 6.07) is 3.66. The lowest BCUT2D eigenvalue weighted by molar-refractivity contribution is 0.0134. The van der Waals surface area contributed by atoms with Crippen LogP contribution in [0.5, 0.6) is 0 Å². The number of anilines is 1. The first-order chi connectivity index (χ1) is 9.31. The van der Waals surface area contributed by atoms with Crippen molar-refractivity contribution in [1.29, 1.82) is 0 Å². The van der Waals surface area contributed by atoms with Crippen molar-refractivity contribution < 1.29 is 4.74 Å². The van der Waals surface area contributed by atoms with Gasteiger partial charge in [0, 0.05) is 19.3 Å². The maximum atomic E-state index is 5.91. The van der Waals surface area contributed by atoms with E-state index in [1.165, 1.54) is 12.8 Å². The van der Waals surface area contributed by atoms with Gasteiger partial charge in [0.15, 0.2) is 5.65 Å². The van der Waals surface area contributed by atoms with Crippen LogP contribution in [-0.4, -0.2) is 33.9 Å². The number of halogens is 1. The molecule has 2 aromatic heterocycles. The Labute approximate surface area is 116 Å². The Hall–Kier alpha value is -1.33. The van der Waals surface area contributed by atoms with Gasteiger partial charge in [-0.05, 0) is 37.8 Å². The van der Waals surface area contributed by atoms with E-state index in [4.69, 9.17) is 16.3 Å². The van der Waals surface area contributed by atoms with Gasteiger partial charge in [-0.1, -0.05) is 11.6 Å². The second kappa shape index (κ2) is 5.75. The lowest BCUT2D eigenvalue weighted by atomic mass is 10.1. The van der Waals surface area contributed by atoms with Gasteiger partial charge in [0.05, 0.1) is 11.1 Å². The van der Waals surface area contributed by atoms with E-state index in [0.717, 1.165) is 31.6 Å². The summed E-state index contributed by atoms with van der Waals surface area (Å²) in [4.78, 5) is 4.38. The molecule has 2 aromatic rings. The Bertz CT molecular complexity index is 551. The van der Waals surface area contributed by atoms with Crippen molar-refractivity contribution in [2.24, 2.45) is 0 Å². The summed E-state index contributed by atoms with van der Waals surface area (Å²) in [5.74, 6) is 0.637. The Morgan fingerprint density at radius 1 is 1.42 bits per heavy atom. The summed E-state index contributed by atoms with van der Waals surface area (Å²) in [6.07, 6.45) is 6.76. The molecular formula is C13H17ClN4O. The summed E-state index contributed by atoms with van der Waals surface area (Å²) in [6.45, 7) is 1.73. The van der Waals surface area contributed by atoms with Crippen LogP contribution in [0.25, 0.3) is 5.65 Å². The minimum Gasteiger partial charge on any atom is -0.378 e. The highest BCUT2D eigenvalue weighted by molar-refractivity contribution is 6.30. The Morgan fingerprint density at radius 2 is 2.37 bits per heavy atom. The monoisotopic (exact) mass is 280 g/mol. The van der Waals surface area contributed by atoms with Crippen LogP contribution in [0.2, 0.25) is 5.02 Å². The third kappa shape index (κ3) is 3.16. The standard InChI is InChI=1S/C13H17ClN4O/c14-10-4-5-12-16-13(17-18(12)9-10)15-7-6-11-3-1-2-8-19-11/h4-5,9,11H,1-3,6-8H2,(H,15,17). The molecule has 102 valence electrons. The van der Waals surface area contributed by atoms with E-state index in [2.05, 4.69) is 15.4 Å². The van der Waals surface area contributed by atoms with Gasteiger partial charge in [-0.3, -0.25) is 0 Å². The zero-order valence-electron chi connectivity index (χ0n) is 10.7. The molecule has 5 nitrogen and oxygen atoms in total. The molecule has 19 heavy (non-hydrogen) atoms. The molecule has 1 N–H and O–H groups in total. The second-order valence-electron chi connectivity index (χ2n) is 4.79. The highest BCUT2D eigenvalue weighted by atomic mass is 35.5. The molecule has 0 aliphatic carbocycles. The minimum atomic E-state index is 0.382. The number of nitrogens with one attached hydrogen (secondary N) is 1. The van der Waals surface area contributed by atoms with E-state index in [1.54, 1.807) is 10.7 Å². The molecule has 3 heterocycles. The van der Waals surface area contributed by atoms with E-state index in [1.807, 2.05) is 12.1 Å². The number of ether oxygens (including phenoxy) is 1. The van der Waals surface area contributed by atoms with Gasteiger partial charge >= 0.3 is 0 Å². The maximum absolute atomic E-state index is 5.91. The van der Waals surface area contributed by atoms with E-state index in [-0.39, 0.29) is 0 Å². The van der Waals surface area contributed by atoms with Crippen molar-refractivity contribution in [3.05, 3.63) is 23.4 Å². The summed E-state index contributed by atoms with van der Waals surface area (Å²) in [7, 11) is 0. The average Bonchev–Trinajstić information content (AvgIpc) is 2.82. The van der Waals surface area contributed by atoms with Gasteiger partial charge < -0.3 is 10.1 Å². The highest BCUT2D eigenvalue weighted by Gasteiger charge is 2.13. The quantitative estimate of drug-likeness (QED) is 0.936. The molecule has 1 fully saturated rings. The minimum absolute atomic E-state index is 0.382. The number of pyridine rings is 1. The Kier molecular flexibility index (Phi) is 3.84. The predicted octanol–water partition coefficient (Wildman–Crippen LogP) is 2.75. The van der Waals surface area contributed by atoms with Crippen LogP contribution in [0.3, 0.4) is 0 Å². The van der Waals surface area contributed by atoms with E-state index >= 15 is 0 Å². The molecule has 0 saturated carbocycles. The third-order valence-electron chi connectivity index (χ3n) is 3.32. The topological polar surface area (TPSA) is 51.5 Å². The zero-order chi connectivity index (χ0) is 13.1. The average molecular weight is 281 g/mol. The summed E-state index contributed by atoms with van der Waals surface area (Å²) < 4.78 is 7.37. The van der Waals surface area contributed by atoms with Crippen LogP contribution in [-0.2, 0) is 4.74 Å². The van der Waals surface area contributed by atoms with E-state index < -0.39 is 0 Å². The van der Waals surface area contributed by atoms with Gasteiger partial charge in [0.25, 0.3) is 0 Å². The molecule has 1 unspecified atom stereocenters. The van der Waals surface area contributed by atoms with Crippen molar-refractivity contribution in [2.45, 2.75) is 31.8 Å². The first-order valence-electron chi connectivity index (χ1n) is 6.69. The highest BCUT2D eigenvalue weighted by Crippen LogP contribution is 2.16.